The van der Waals surface area contributed by atoms with Gasteiger partial charge in [-0.1, -0.05) is 11.6 Å². The maximum Gasteiger partial charge on any atom is 0.223 e. The predicted octanol–water partition coefficient (Wildman–Crippen LogP) is 2.83. The fourth-order valence-electron chi connectivity index (χ4n) is 2.89. The van der Waals surface area contributed by atoms with Gasteiger partial charge >= 0.3 is 0 Å². The minimum Gasteiger partial charge on any atom is -0.396 e. The summed E-state index contributed by atoms with van der Waals surface area (Å²) in [5.41, 5.74) is 6.38. The van der Waals surface area contributed by atoms with Gasteiger partial charge in [-0.2, -0.15) is 4.98 Å². The number of anilines is 2. The van der Waals surface area contributed by atoms with Gasteiger partial charge in [0.15, 0.2) is 6.29 Å². The summed E-state index contributed by atoms with van der Waals surface area (Å²) in [6, 6.07) is 3.77. The van der Waals surface area contributed by atoms with Crippen molar-refractivity contribution < 1.29 is 9.90 Å². The van der Waals surface area contributed by atoms with Crippen LogP contribution in [0, 0.1) is 5.92 Å². The molecule has 0 unspecified atom stereocenters. The molecule has 0 radical (unpaired) electrons. The monoisotopic (exact) mass is 352 g/mol. The van der Waals surface area contributed by atoms with Crippen molar-refractivity contribution in [2.24, 2.45) is 5.92 Å². The van der Waals surface area contributed by atoms with Crippen molar-refractivity contribution in [3.63, 3.8) is 0 Å². The van der Waals surface area contributed by atoms with Gasteiger partial charge in [-0.25, -0.2) is 4.98 Å². The normalized spacial score (nSPS) is 20.6. The number of aliphatic hydroxyl groups is 1. The number of aliphatic hydroxyl groups excluding tert-OH is 1. The first kappa shape index (κ1) is 16.2. The van der Waals surface area contributed by atoms with Crippen LogP contribution in [0.3, 0.4) is 0 Å². The Morgan fingerprint density at radius 2 is 2.26 bits per heavy atom. The second-order valence-electron chi connectivity index (χ2n) is 5.62. The van der Waals surface area contributed by atoms with E-state index in [0.29, 0.717) is 22.2 Å². The highest BCUT2D eigenvalue weighted by atomic mass is 35.5. The number of nitrogens with two attached hydrogens (primary N) is 1. The molecule has 2 aromatic heterocycles. The van der Waals surface area contributed by atoms with Gasteiger partial charge in [-0.05, 0) is 37.3 Å². The molecule has 0 amide bonds. The van der Waals surface area contributed by atoms with E-state index in [1.165, 1.54) is 11.3 Å². The number of aldehydes is 1. The summed E-state index contributed by atoms with van der Waals surface area (Å²) in [5, 5.41) is 12.9. The molecule has 0 spiro atoms. The molecule has 1 fully saturated rings. The van der Waals surface area contributed by atoms with E-state index >= 15 is 0 Å². The molecule has 1 saturated carbocycles. The molecule has 2 aromatic rings. The molecule has 0 aromatic carbocycles. The molecule has 0 bridgehead atoms. The van der Waals surface area contributed by atoms with Crippen molar-refractivity contribution in [2.75, 3.05) is 17.7 Å². The van der Waals surface area contributed by atoms with E-state index in [4.69, 9.17) is 17.3 Å². The van der Waals surface area contributed by atoms with E-state index in [2.05, 4.69) is 15.3 Å². The number of thiophene rings is 1. The molecule has 0 aliphatic heterocycles. The lowest BCUT2D eigenvalue weighted by Gasteiger charge is -2.17. The molecule has 8 heteroatoms. The third-order valence-electron chi connectivity index (χ3n) is 4.01. The zero-order valence-corrected chi connectivity index (χ0v) is 13.9. The third kappa shape index (κ3) is 3.46. The quantitative estimate of drug-likeness (QED) is 0.565. The number of rotatable bonds is 5. The maximum absolute atomic E-state index is 10.9. The number of halogens is 1. The second-order valence-corrected chi connectivity index (χ2v) is 7.09. The Hall–Kier alpha value is -1.70. The van der Waals surface area contributed by atoms with Crippen LogP contribution in [0.2, 0.25) is 5.15 Å². The van der Waals surface area contributed by atoms with Gasteiger partial charge in [0.25, 0.3) is 0 Å². The molecule has 6 nitrogen and oxygen atoms in total. The number of hydrogen-bond acceptors (Lipinski definition) is 7. The first-order valence-electron chi connectivity index (χ1n) is 7.36. The van der Waals surface area contributed by atoms with E-state index in [1.807, 2.05) is 6.07 Å². The summed E-state index contributed by atoms with van der Waals surface area (Å²) in [7, 11) is 0. The molecule has 0 saturated heterocycles. The lowest BCUT2D eigenvalue weighted by atomic mass is 10.1. The van der Waals surface area contributed by atoms with Crippen LogP contribution in [-0.4, -0.2) is 34.0 Å². The third-order valence-corrected chi connectivity index (χ3v) is 5.31. The Balaban J connectivity index is 1.93. The molecule has 1 aliphatic carbocycles. The van der Waals surface area contributed by atoms with Gasteiger partial charge in [0, 0.05) is 17.5 Å². The van der Waals surface area contributed by atoms with E-state index in [0.717, 1.165) is 30.4 Å². The largest absolute Gasteiger partial charge is 0.396 e. The summed E-state index contributed by atoms with van der Waals surface area (Å²) in [6.45, 7) is 0.200. The van der Waals surface area contributed by atoms with E-state index in [-0.39, 0.29) is 23.8 Å². The van der Waals surface area contributed by atoms with Gasteiger partial charge < -0.3 is 16.2 Å². The molecular formula is C15H17ClN4O2S. The second kappa shape index (κ2) is 6.82. The zero-order chi connectivity index (χ0) is 16.4. The van der Waals surface area contributed by atoms with Crippen LogP contribution in [0.4, 0.5) is 11.8 Å². The number of aromatic nitrogens is 2. The number of carbonyl (C=O) groups excluding carboxylic acids is 1. The number of nitrogen functional groups attached to an aromatic ring is 1. The summed E-state index contributed by atoms with van der Waals surface area (Å²) in [4.78, 5) is 20.6. The molecule has 3 rings (SSSR count). The summed E-state index contributed by atoms with van der Waals surface area (Å²) in [6.07, 6.45) is 3.61. The SMILES string of the molecule is Nc1nc(Cl)c(-c2ccc(C=O)s2)c(N[C@H]2CC[C@@H](CO)C2)n1. The highest BCUT2D eigenvalue weighted by Gasteiger charge is 2.26. The number of hydrogen-bond donors (Lipinski definition) is 3. The smallest absolute Gasteiger partial charge is 0.223 e. The molecule has 122 valence electrons. The summed E-state index contributed by atoms with van der Waals surface area (Å²) in [5.74, 6) is 0.990. The van der Waals surface area contributed by atoms with Crippen molar-refractivity contribution in [2.45, 2.75) is 25.3 Å². The average Bonchev–Trinajstić information content (AvgIpc) is 3.15. The van der Waals surface area contributed by atoms with Crippen LogP contribution in [-0.2, 0) is 0 Å². The van der Waals surface area contributed by atoms with Crippen molar-refractivity contribution >= 4 is 41.0 Å². The van der Waals surface area contributed by atoms with Crippen LogP contribution < -0.4 is 11.1 Å². The predicted molar refractivity (Wildman–Crippen MR) is 92.0 cm³/mol. The van der Waals surface area contributed by atoms with Gasteiger partial charge in [-0.15, -0.1) is 11.3 Å². The van der Waals surface area contributed by atoms with Gasteiger partial charge in [0.05, 0.1) is 10.4 Å². The fourth-order valence-corrected chi connectivity index (χ4v) is 4.09. The van der Waals surface area contributed by atoms with Gasteiger partial charge in [0.1, 0.15) is 11.0 Å². The van der Waals surface area contributed by atoms with Crippen LogP contribution in [0.15, 0.2) is 12.1 Å². The van der Waals surface area contributed by atoms with E-state index < -0.39 is 0 Å². The summed E-state index contributed by atoms with van der Waals surface area (Å²) < 4.78 is 0. The van der Waals surface area contributed by atoms with Crippen LogP contribution in [0.1, 0.15) is 28.9 Å². The number of nitrogens with one attached hydrogen (secondary N) is 1. The van der Waals surface area contributed by atoms with Crippen molar-refractivity contribution in [1.29, 1.82) is 0 Å². The van der Waals surface area contributed by atoms with Crippen LogP contribution in [0.5, 0.6) is 0 Å². The lowest BCUT2D eigenvalue weighted by molar-refractivity contribution is 0.112. The molecule has 2 heterocycles. The molecule has 2 atom stereocenters. The van der Waals surface area contributed by atoms with Gasteiger partial charge in [-0.3, -0.25) is 4.79 Å². The van der Waals surface area contributed by atoms with E-state index in [1.54, 1.807) is 6.07 Å². The Labute approximate surface area is 142 Å². The lowest BCUT2D eigenvalue weighted by Crippen LogP contribution is -2.18. The Bertz CT molecular complexity index is 721. The average molecular weight is 353 g/mol. The van der Waals surface area contributed by atoms with Crippen LogP contribution in [0.25, 0.3) is 10.4 Å². The highest BCUT2D eigenvalue weighted by molar-refractivity contribution is 7.17. The minimum atomic E-state index is 0.102. The minimum absolute atomic E-state index is 0.102. The number of carbonyl (C=O) groups is 1. The van der Waals surface area contributed by atoms with Gasteiger partial charge in [0.2, 0.25) is 5.95 Å². The van der Waals surface area contributed by atoms with Crippen molar-refractivity contribution in [3.8, 4) is 10.4 Å². The molecule has 4 N–H and O–H groups in total. The van der Waals surface area contributed by atoms with Crippen molar-refractivity contribution in [1.82, 2.24) is 9.97 Å². The molecular weight excluding hydrogens is 336 g/mol. The first-order valence-corrected chi connectivity index (χ1v) is 8.56. The fraction of sp³-hybridized carbons (Fsp3) is 0.400. The number of nitrogens with zero attached hydrogens (tertiary/aromatic N) is 2. The Morgan fingerprint density at radius 1 is 1.43 bits per heavy atom. The Morgan fingerprint density at radius 3 is 2.91 bits per heavy atom. The van der Waals surface area contributed by atoms with Crippen LogP contribution >= 0.6 is 22.9 Å². The van der Waals surface area contributed by atoms with Crippen molar-refractivity contribution in [3.05, 3.63) is 22.2 Å². The van der Waals surface area contributed by atoms with E-state index in [9.17, 15) is 9.90 Å². The topological polar surface area (TPSA) is 101 Å². The zero-order valence-electron chi connectivity index (χ0n) is 12.3. The summed E-state index contributed by atoms with van der Waals surface area (Å²) >= 11 is 7.60. The first-order chi connectivity index (χ1) is 11.1. The Kier molecular flexibility index (Phi) is 4.79. The highest BCUT2D eigenvalue weighted by Crippen LogP contribution is 2.38. The maximum atomic E-state index is 10.9. The molecule has 23 heavy (non-hydrogen) atoms. The molecule has 1 aliphatic rings. The standard InChI is InChI=1S/C15H17ClN4O2S/c16-13-12(11-4-3-10(7-22)23-11)14(20-15(17)19-13)18-9-2-1-8(5-9)6-21/h3-4,7-9,21H,1-2,5-6H2,(H3,17,18,19,20)/t8-,9+/m1/s1.